The maximum atomic E-state index is 13.6. The molecule has 2 N–H and O–H groups in total. The molecule has 1 aromatic carbocycles. The molecule has 2 rings (SSSR count). The fourth-order valence-corrected chi connectivity index (χ4v) is 2.01. The number of nitrogens with two attached hydrogens (primary N) is 1. The zero-order valence-electron chi connectivity index (χ0n) is 8.87. The van der Waals surface area contributed by atoms with Crippen LogP contribution in [0.4, 0.5) is 4.39 Å². The van der Waals surface area contributed by atoms with Gasteiger partial charge in [0.05, 0.1) is 6.61 Å². The minimum atomic E-state index is -0.243. The monoisotopic (exact) mass is 209 g/mol. The lowest BCUT2D eigenvalue weighted by molar-refractivity contribution is 0.180. The second-order valence-corrected chi connectivity index (χ2v) is 4.17. The largest absolute Gasteiger partial charge is 0.381 e. The Kier molecular flexibility index (Phi) is 3.03. The number of benzene rings is 1. The highest BCUT2D eigenvalue weighted by atomic mass is 19.1. The van der Waals surface area contributed by atoms with Crippen molar-refractivity contribution in [2.45, 2.75) is 19.4 Å². The smallest absolute Gasteiger partial charge is 0.128 e. The van der Waals surface area contributed by atoms with Gasteiger partial charge in [-0.25, -0.2) is 4.39 Å². The third-order valence-electron chi connectivity index (χ3n) is 2.98. The minimum absolute atomic E-state index is 0.208. The Labute approximate surface area is 89.2 Å². The van der Waals surface area contributed by atoms with E-state index in [4.69, 9.17) is 10.5 Å². The van der Waals surface area contributed by atoms with Crippen LogP contribution in [-0.4, -0.2) is 13.2 Å². The van der Waals surface area contributed by atoms with E-state index in [2.05, 4.69) is 0 Å². The molecule has 2 nitrogen and oxygen atoms in total. The first-order valence-corrected chi connectivity index (χ1v) is 5.28. The highest BCUT2D eigenvalue weighted by Crippen LogP contribution is 2.28. The van der Waals surface area contributed by atoms with Crippen LogP contribution in [0.5, 0.6) is 0 Å². The zero-order valence-corrected chi connectivity index (χ0v) is 8.87. The number of hydrogen-bond donors (Lipinski definition) is 1. The lowest BCUT2D eigenvalue weighted by atomic mass is 9.92. The molecule has 1 aromatic rings. The van der Waals surface area contributed by atoms with Crippen molar-refractivity contribution < 1.29 is 9.13 Å². The van der Waals surface area contributed by atoms with Crippen molar-refractivity contribution in [2.75, 3.05) is 13.2 Å². The number of halogens is 1. The van der Waals surface area contributed by atoms with E-state index in [1.807, 2.05) is 13.0 Å². The van der Waals surface area contributed by atoms with Crippen LogP contribution in [0.15, 0.2) is 18.2 Å². The summed E-state index contributed by atoms with van der Waals surface area (Å²) in [6, 6.07) is 4.84. The van der Waals surface area contributed by atoms with Crippen LogP contribution >= 0.6 is 0 Å². The Morgan fingerprint density at radius 1 is 1.53 bits per heavy atom. The first-order chi connectivity index (χ1) is 7.18. The van der Waals surface area contributed by atoms with Crippen molar-refractivity contribution in [3.05, 3.63) is 35.1 Å². The van der Waals surface area contributed by atoms with Crippen LogP contribution in [0.3, 0.4) is 0 Å². The highest BCUT2D eigenvalue weighted by molar-refractivity contribution is 5.27. The van der Waals surface area contributed by atoms with E-state index in [0.29, 0.717) is 12.2 Å². The summed E-state index contributed by atoms with van der Waals surface area (Å²) in [5.74, 6) is 0.0429. The van der Waals surface area contributed by atoms with Gasteiger partial charge in [-0.1, -0.05) is 17.7 Å². The van der Waals surface area contributed by atoms with Gasteiger partial charge in [-0.15, -0.1) is 0 Å². The van der Waals surface area contributed by atoms with E-state index in [1.165, 1.54) is 6.07 Å². The van der Waals surface area contributed by atoms with Gasteiger partial charge in [0.1, 0.15) is 5.82 Å². The molecule has 15 heavy (non-hydrogen) atoms. The molecule has 2 atom stereocenters. The average Bonchev–Trinajstić information content (AvgIpc) is 2.74. The van der Waals surface area contributed by atoms with E-state index < -0.39 is 0 Å². The van der Waals surface area contributed by atoms with Gasteiger partial charge in [0.25, 0.3) is 0 Å². The molecule has 1 fully saturated rings. The second kappa shape index (κ2) is 4.29. The predicted octanol–water partition coefficient (Wildman–Crippen LogP) is 2.17. The molecule has 1 heterocycles. The molecule has 0 bridgehead atoms. The van der Waals surface area contributed by atoms with Crippen LogP contribution < -0.4 is 5.73 Å². The summed E-state index contributed by atoms with van der Waals surface area (Å²) in [5, 5.41) is 0. The van der Waals surface area contributed by atoms with Crippen molar-refractivity contribution in [3.8, 4) is 0 Å². The van der Waals surface area contributed by atoms with Gasteiger partial charge < -0.3 is 10.5 Å². The topological polar surface area (TPSA) is 35.2 Å². The van der Waals surface area contributed by atoms with Crippen LogP contribution in [0.25, 0.3) is 0 Å². The van der Waals surface area contributed by atoms with E-state index >= 15 is 0 Å². The molecule has 3 heteroatoms. The quantitative estimate of drug-likeness (QED) is 0.810. The van der Waals surface area contributed by atoms with E-state index in [1.54, 1.807) is 6.07 Å². The first-order valence-electron chi connectivity index (χ1n) is 5.28. The molecule has 1 aliphatic rings. The summed E-state index contributed by atoms with van der Waals surface area (Å²) < 4.78 is 18.8. The second-order valence-electron chi connectivity index (χ2n) is 4.17. The van der Waals surface area contributed by atoms with Crippen molar-refractivity contribution in [1.82, 2.24) is 0 Å². The van der Waals surface area contributed by atoms with Crippen LogP contribution in [0.2, 0.25) is 0 Å². The van der Waals surface area contributed by atoms with Gasteiger partial charge in [0.15, 0.2) is 0 Å². The molecular formula is C12H16FNO. The van der Waals surface area contributed by atoms with Crippen molar-refractivity contribution in [3.63, 3.8) is 0 Å². The molecular weight excluding hydrogens is 193 g/mol. The van der Waals surface area contributed by atoms with Crippen molar-refractivity contribution in [2.24, 2.45) is 11.7 Å². The first kappa shape index (κ1) is 10.6. The third-order valence-corrected chi connectivity index (χ3v) is 2.98. The van der Waals surface area contributed by atoms with E-state index in [0.717, 1.165) is 18.6 Å². The van der Waals surface area contributed by atoms with Gasteiger partial charge >= 0.3 is 0 Å². The van der Waals surface area contributed by atoms with Crippen molar-refractivity contribution >= 4 is 0 Å². The predicted molar refractivity (Wildman–Crippen MR) is 57.0 cm³/mol. The van der Waals surface area contributed by atoms with Gasteiger partial charge in [0.2, 0.25) is 0 Å². The van der Waals surface area contributed by atoms with Gasteiger partial charge in [0, 0.05) is 24.1 Å². The third kappa shape index (κ3) is 2.19. The van der Waals surface area contributed by atoms with E-state index in [-0.39, 0.29) is 17.8 Å². The minimum Gasteiger partial charge on any atom is -0.381 e. The van der Waals surface area contributed by atoms with Crippen molar-refractivity contribution in [1.29, 1.82) is 0 Å². The Morgan fingerprint density at radius 3 is 3.00 bits per heavy atom. The maximum absolute atomic E-state index is 13.6. The number of hydrogen-bond acceptors (Lipinski definition) is 2. The van der Waals surface area contributed by atoms with Gasteiger partial charge in [-0.3, -0.25) is 0 Å². The standard InChI is InChI=1S/C12H16FNO/c1-8-2-3-11(13)10(6-8)12(14)9-4-5-15-7-9/h2-3,6,9,12H,4-5,7,14H2,1H3. The Bertz CT molecular complexity index is 347. The summed E-state index contributed by atoms with van der Waals surface area (Å²) in [6.07, 6.45) is 0.925. The molecule has 0 amide bonds. The normalized spacial score (nSPS) is 23.0. The highest BCUT2D eigenvalue weighted by Gasteiger charge is 2.25. The van der Waals surface area contributed by atoms with Gasteiger partial charge in [-0.05, 0) is 19.4 Å². The van der Waals surface area contributed by atoms with Gasteiger partial charge in [-0.2, -0.15) is 0 Å². The Hall–Kier alpha value is -0.930. The number of aryl methyl sites for hydroxylation is 1. The summed E-state index contributed by atoms with van der Waals surface area (Å²) >= 11 is 0. The maximum Gasteiger partial charge on any atom is 0.128 e. The van der Waals surface area contributed by atoms with Crippen LogP contribution in [0, 0.1) is 18.7 Å². The lowest BCUT2D eigenvalue weighted by Crippen LogP contribution is -2.22. The fraction of sp³-hybridized carbons (Fsp3) is 0.500. The molecule has 82 valence electrons. The molecule has 2 unspecified atom stereocenters. The number of rotatable bonds is 2. The summed E-state index contributed by atoms with van der Waals surface area (Å²) in [4.78, 5) is 0. The summed E-state index contributed by atoms with van der Waals surface area (Å²) in [6.45, 7) is 3.33. The number of ether oxygens (including phenoxy) is 1. The summed E-state index contributed by atoms with van der Waals surface area (Å²) in [7, 11) is 0. The van der Waals surface area contributed by atoms with E-state index in [9.17, 15) is 4.39 Å². The lowest BCUT2D eigenvalue weighted by Gasteiger charge is -2.19. The van der Waals surface area contributed by atoms with Crippen LogP contribution in [0.1, 0.15) is 23.6 Å². The molecule has 0 saturated carbocycles. The molecule has 1 aliphatic heterocycles. The van der Waals surface area contributed by atoms with Crippen LogP contribution in [-0.2, 0) is 4.74 Å². The average molecular weight is 209 g/mol. The Balaban J connectivity index is 2.23. The fourth-order valence-electron chi connectivity index (χ4n) is 2.01. The molecule has 0 spiro atoms. The molecule has 0 aliphatic carbocycles. The molecule has 0 aromatic heterocycles. The molecule has 0 radical (unpaired) electrons. The summed E-state index contributed by atoms with van der Waals surface area (Å²) in [5.41, 5.74) is 7.71. The SMILES string of the molecule is Cc1ccc(F)c(C(N)C2CCOC2)c1. The zero-order chi connectivity index (χ0) is 10.8. The Morgan fingerprint density at radius 2 is 2.33 bits per heavy atom. The molecule has 1 saturated heterocycles.